The molecule has 5 aromatic rings. The van der Waals surface area contributed by atoms with Gasteiger partial charge in [-0.1, -0.05) is 72.8 Å². The average molecular weight is 930 g/mol. The number of carbonyl (C=O) groups is 7. The minimum Gasteiger partial charge on any atom is -0.508 e. The van der Waals surface area contributed by atoms with Gasteiger partial charge in [-0.25, -0.2) is 4.98 Å². The minimum atomic E-state index is -1.37. The molecule has 19 heteroatoms. The summed E-state index contributed by atoms with van der Waals surface area (Å²) in [6.45, 7) is 0.240. The van der Waals surface area contributed by atoms with E-state index in [0.717, 1.165) is 10.9 Å². The zero-order valence-corrected chi connectivity index (χ0v) is 37.3. The van der Waals surface area contributed by atoms with Gasteiger partial charge in [-0.15, -0.1) is 0 Å². The number of nitrogens with zero attached hydrogens (tertiary/aromatic N) is 2. The molecule has 1 fully saturated rings. The number of likely N-dealkylation sites (tertiary alicyclic amines) is 1. The average Bonchev–Trinajstić information content (AvgIpc) is 3.83. The number of primary amides is 1. The van der Waals surface area contributed by atoms with Crippen LogP contribution in [-0.2, 0) is 52.8 Å². The van der Waals surface area contributed by atoms with Crippen molar-refractivity contribution in [2.24, 2.45) is 5.73 Å². The highest BCUT2D eigenvalue weighted by molar-refractivity contribution is 5.97. The molecule has 1 aliphatic rings. The molecule has 2 heterocycles. The fraction of sp³-hybridized carbons (Fsp3) is 0.306. The van der Waals surface area contributed by atoms with Gasteiger partial charge in [0.2, 0.25) is 41.4 Å². The number of pyridine rings is 1. The maximum atomic E-state index is 14.1. The molecule has 19 nitrogen and oxygen atoms in total. The number of rotatable bonds is 21. The summed E-state index contributed by atoms with van der Waals surface area (Å²) in [4.78, 5) is 100. The lowest BCUT2D eigenvalue weighted by Gasteiger charge is -2.29. The molecule has 1 saturated heterocycles. The van der Waals surface area contributed by atoms with E-state index in [2.05, 4.69) is 36.9 Å². The number of nitrogens with two attached hydrogens (primary N) is 1. The number of fused-ring (bicyclic) bond motifs is 1. The number of anilines is 1. The molecule has 68 heavy (non-hydrogen) atoms. The molecule has 1 aromatic heterocycles. The van der Waals surface area contributed by atoms with Crippen LogP contribution in [0.5, 0.6) is 11.5 Å². The Bertz CT molecular complexity index is 2580. The number of aliphatic hydroxyl groups is 1. The fourth-order valence-corrected chi connectivity index (χ4v) is 7.72. The van der Waals surface area contributed by atoms with Crippen LogP contribution in [0.15, 0.2) is 115 Å². The van der Waals surface area contributed by atoms with Crippen LogP contribution in [0, 0.1) is 0 Å². The van der Waals surface area contributed by atoms with Gasteiger partial charge < -0.3 is 57.9 Å². The second-order valence-electron chi connectivity index (χ2n) is 16.5. The molecule has 11 N–H and O–H groups in total. The predicted molar refractivity (Wildman–Crippen MR) is 250 cm³/mol. The summed E-state index contributed by atoms with van der Waals surface area (Å²) in [5.74, 6) is -4.61. The molecule has 6 rings (SSSR count). The van der Waals surface area contributed by atoms with Gasteiger partial charge in [-0.3, -0.25) is 33.6 Å². The quantitative estimate of drug-likeness (QED) is 0.0487. The van der Waals surface area contributed by atoms with Crippen molar-refractivity contribution in [1.82, 2.24) is 36.5 Å². The molecular weight excluding hydrogens is 875 g/mol. The summed E-state index contributed by atoms with van der Waals surface area (Å²) in [6.07, 6.45) is 0.767. The largest absolute Gasteiger partial charge is 0.508 e. The Hall–Kier alpha value is -8.06. The van der Waals surface area contributed by atoms with Crippen LogP contribution in [-0.4, -0.2) is 123 Å². The molecular formula is C49H55N9O10. The summed E-state index contributed by atoms with van der Waals surface area (Å²) < 4.78 is 0. The number of benzene rings is 4. The summed E-state index contributed by atoms with van der Waals surface area (Å²) in [5.41, 5.74) is 7.94. The zero-order valence-electron chi connectivity index (χ0n) is 37.3. The SMILES string of the molecule is C[C@H](NC(=O)[C@H](Cc1ccc(O)cc1)Nc1ccc2ccccc2n1)C(=O)N[C@H](Cc1ccccc1)C(=O)NCC(=O)N[C@H](Cc1ccc(O)cc1)C(=O)N1CCC[C@H]1C(=O)N[C@@H](CO)C(N)=O. The molecule has 0 aliphatic carbocycles. The first-order chi connectivity index (χ1) is 32.7. The van der Waals surface area contributed by atoms with E-state index in [-0.39, 0.29) is 43.7 Å². The standard InChI is InChI=1S/C49H55N9O10/c1-29(52-47(66)38(25-31-13-18-34(60)19-14-31)54-42-22-17-33-10-5-6-11-36(33)53-42)45(64)56-37(24-30-8-3-2-4-9-30)46(65)51-27-43(62)55-39(26-32-15-20-35(61)21-16-32)49(68)58-23-7-12-41(58)48(67)57-40(28-59)44(50)63/h2-6,8-11,13-22,29,37-41,59-61H,7,12,23-28H2,1H3,(H2,50,63)(H,51,65)(H,52,66)(H,53,54)(H,55,62)(H,56,64)(H,57,67)/t29-,37+,38-,39+,40-,41-/m0/s1. The van der Waals surface area contributed by atoms with E-state index >= 15 is 0 Å². The molecule has 0 spiro atoms. The van der Waals surface area contributed by atoms with Gasteiger partial charge in [-0.2, -0.15) is 0 Å². The van der Waals surface area contributed by atoms with Crippen molar-refractivity contribution in [3.63, 3.8) is 0 Å². The van der Waals surface area contributed by atoms with E-state index in [1.807, 2.05) is 30.3 Å². The van der Waals surface area contributed by atoms with E-state index in [9.17, 15) is 48.9 Å². The Morgan fingerprint density at radius 1 is 0.662 bits per heavy atom. The zero-order chi connectivity index (χ0) is 48.7. The topological polar surface area (TPSA) is 295 Å². The van der Waals surface area contributed by atoms with Crippen molar-refractivity contribution < 1.29 is 48.9 Å². The second-order valence-corrected chi connectivity index (χ2v) is 16.5. The lowest BCUT2D eigenvalue weighted by molar-refractivity contribution is -0.142. The first-order valence-corrected chi connectivity index (χ1v) is 22.1. The number of hydrogen-bond donors (Lipinski definition) is 10. The summed E-state index contributed by atoms with van der Waals surface area (Å²) in [6, 6.07) is 25.3. The number of aliphatic hydroxyl groups excluding tert-OH is 1. The van der Waals surface area contributed by atoms with Gasteiger partial charge in [0.05, 0.1) is 18.7 Å². The molecule has 4 aromatic carbocycles. The van der Waals surface area contributed by atoms with Crippen molar-refractivity contribution in [3.05, 3.63) is 132 Å². The van der Waals surface area contributed by atoms with Crippen LogP contribution < -0.4 is 37.6 Å². The number of hydrogen-bond acceptors (Lipinski definition) is 12. The van der Waals surface area contributed by atoms with Crippen molar-refractivity contribution in [3.8, 4) is 11.5 Å². The summed E-state index contributed by atoms with van der Waals surface area (Å²) in [7, 11) is 0. The highest BCUT2D eigenvalue weighted by Crippen LogP contribution is 2.22. The lowest BCUT2D eigenvalue weighted by Crippen LogP contribution is -2.58. The van der Waals surface area contributed by atoms with Gasteiger partial charge in [-0.05, 0) is 78.9 Å². The van der Waals surface area contributed by atoms with Crippen molar-refractivity contribution in [2.45, 2.75) is 75.3 Å². The van der Waals surface area contributed by atoms with Gasteiger partial charge in [0.25, 0.3) is 0 Å². The van der Waals surface area contributed by atoms with E-state index in [1.165, 1.54) is 36.1 Å². The van der Waals surface area contributed by atoms with Crippen molar-refractivity contribution in [2.75, 3.05) is 25.0 Å². The molecule has 356 valence electrons. The van der Waals surface area contributed by atoms with Crippen LogP contribution in [0.25, 0.3) is 10.9 Å². The van der Waals surface area contributed by atoms with E-state index in [4.69, 9.17) is 5.73 Å². The van der Waals surface area contributed by atoms with Crippen LogP contribution in [0.1, 0.15) is 36.5 Å². The van der Waals surface area contributed by atoms with Crippen LogP contribution >= 0.6 is 0 Å². The highest BCUT2D eigenvalue weighted by atomic mass is 16.3. The first-order valence-electron chi connectivity index (χ1n) is 22.1. The Morgan fingerprint density at radius 2 is 1.26 bits per heavy atom. The lowest BCUT2D eigenvalue weighted by atomic mass is 10.0. The smallest absolute Gasteiger partial charge is 0.246 e. The molecule has 0 bridgehead atoms. The van der Waals surface area contributed by atoms with Crippen LogP contribution in [0.4, 0.5) is 5.82 Å². The first kappa shape index (κ1) is 49.4. The number of phenolic OH excluding ortho intramolecular Hbond substituents is 2. The summed E-state index contributed by atoms with van der Waals surface area (Å²) in [5, 5.41) is 46.3. The predicted octanol–water partition coefficient (Wildman–Crippen LogP) is 0.699. The number of nitrogens with one attached hydrogen (secondary N) is 6. The number of aromatic hydroxyl groups is 2. The molecule has 0 saturated carbocycles. The maximum absolute atomic E-state index is 14.1. The van der Waals surface area contributed by atoms with Crippen LogP contribution in [0.3, 0.4) is 0 Å². The highest BCUT2D eigenvalue weighted by Gasteiger charge is 2.39. The number of phenols is 2. The van der Waals surface area contributed by atoms with Gasteiger partial charge in [0, 0.05) is 31.2 Å². The molecule has 7 amide bonds. The Morgan fingerprint density at radius 3 is 1.91 bits per heavy atom. The number of carbonyl (C=O) groups excluding carboxylic acids is 7. The number of amides is 7. The Labute approximate surface area is 391 Å². The maximum Gasteiger partial charge on any atom is 0.246 e. The minimum absolute atomic E-state index is 0.00658. The van der Waals surface area contributed by atoms with Gasteiger partial charge in [0.1, 0.15) is 53.6 Å². The van der Waals surface area contributed by atoms with E-state index in [0.29, 0.717) is 28.9 Å². The summed E-state index contributed by atoms with van der Waals surface area (Å²) >= 11 is 0. The van der Waals surface area contributed by atoms with Crippen molar-refractivity contribution >= 4 is 58.1 Å². The molecule has 0 unspecified atom stereocenters. The third kappa shape index (κ3) is 13.7. The van der Waals surface area contributed by atoms with Crippen LogP contribution in [0.2, 0.25) is 0 Å². The third-order valence-corrected chi connectivity index (χ3v) is 11.4. The number of para-hydroxylation sites is 1. The third-order valence-electron chi connectivity index (χ3n) is 11.4. The monoisotopic (exact) mass is 929 g/mol. The fourth-order valence-electron chi connectivity index (χ4n) is 7.72. The Balaban J connectivity index is 1.13. The normalized spacial score (nSPS) is 15.4. The molecule has 0 radical (unpaired) electrons. The Kier molecular flexibility index (Phi) is 17.0. The molecule has 6 atom stereocenters. The van der Waals surface area contributed by atoms with Gasteiger partial charge in [0.15, 0.2) is 0 Å². The van der Waals surface area contributed by atoms with Gasteiger partial charge >= 0.3 is 0 Å². The van der Waals surface area contributed by atoms with Crippen molar-refractivity contribution in [1.29, 1.82) is 0 Å². The number of aromatic nitrogens is 1. The van der Waals surface area contributed by atoms with E-state index in [1.54, 1.807) is 60.7 Å². The molecule has 1 aliphatic heterocycles. The van der Waals surface area contributed by atoms with E-state index < -0.39 is 90.8 Å². The second kappa shape index (κ2) is 23.4.